The van der Waals surface area contributed by atoms with Gasteiger partial charge in [-0.15, -0.1) is 0 Å². The predicted octanol–water partition coefficient (Wildman–Crippen LogP) is -0.440. The number of carbonyl (C=O) groups excluding carboxylic acids is 2. The van der Waals surface area contributed by atoms with Crippen molar-refractivity contribution in [1.29, 1.82) is 0 Å². The van der Waals surface area contributed by atoms with Gasteiger partial charge in [-0.05, 0) is 6.07 Å². The molecule has 0 aromatic heterocycles. The van der Waals surface area contributed by atoms with E-state index in [1.807, 2.05) is 0 Å². The van der Waals surface area contributed by atoms with Crippen LogP contribution in [0.1, 0.15) is 18.1 Å². The molecule has 0 saturated carbocycles. The van der Waals surface area contributed by atoms with Gasteiger partial charge in [-0.25, -0.2) is 14.4 Å². The van der Waals surface area contributed by atoms with Gasteiger partial charge in [0, 0.05) is 5.56 Å². The van der Waals surface area contributed by atoms with Gasteiger partial charge < -0.3 is 36.4 Å². The minimum atomic E-state index is -2.03. The Kier molecular flexibility index (Phi) is 6.66. The number of aliphatic carboxylic acids is 2. The number of hydrogen-bond acceptors (Lipinski definition) is 8. The van der Waals surface area contributed by atoms with Crippen molar-refractivity contribution in [2.75, 3.05) is 5.23 Å². The predicted molar refractivity (Wildman–Crippen MR) is 79.3 cm³/mol. The molecule has 0 heterocycles. The maximum Gasteiger partial charge on any atom is 0.409 e. The van der Waals surface area contributed by atoms with Gasteiger partial charge in [0.15, 0.2) is 0 Å². The molecule has 2 atom stereocenters. The molecular weight excluding hydrogens is 342 g/mol. The number of primary amides is 1. The Morgan fingerprint density at radius 1 is 1.20 bits per heavy atom. The molecule has 1 aromatic carbocycles. The van der Waals surface area contributed by atoms with E-state index in [0.717, 1.165) is 12.1 Å². The molecule has 0 aliphatic heterocycles. The van der Waals surface area contributed by atoms with Crippen molar-refractivity contribution in [3.8, 4) is 0 Å². The van der Waals surface area contributed by atoms with E-state index in [-0.39, 0.29) is 5.56 Å². The van der Waals surface area contributed by atoms with Crippen LogP contribution in [0.4, 0.5) is 10.5 Å². The minimum Gasteiger partial charge on any atom is -0.733 e. The van der Waals surface area contributed by atoms with Gasteiger partial charge in [0.1, 0.15) is 6.04 Å². The summed E-state index contributed by atoms with van der Waals surface area (Å²) < 4.78 is 4.61. The van der Waals surface area contributed by atoms with Gasteiger partial charge in [0.2, 0.25) is 12.0 Å². The number of carbonyl (C=O) groups is 4. The molecule has 136 valence electrons. The maximum atomic E-state index is 11.7. The summed E-state index contributed by atoms with van der Waals surface area (Å²) in [7, 11) is 0. The van der Waals surface area contributed by atoms with Crippen LogP contribution >= 0.6 is 0 Å². The summed E-state index contributed by atoms with van der Waals surface area (Å²) in [5.74, 6) is -4.30. The van der Waals surface area contributed by atoms with Crippen LogP contribution in [0.3, 0.4) is 0 Å². The van der Waals surface area contributed by atoms with Crippen molar-refractivity contribution >= 4 is 29.6 Å². The molecule has 1 unspecified atom stereocenters. The van der Waals surface area contributed by atoms with Crippen LogP contribution in [0, 0.1) is 5.21 Å². The van der Waals surface area contributed by atoms with E-state index in [1.54, 1.807) is 5.32 Å². The fourth-order valence-corrected chi connectivity index (χ4v) is 1.81. The number of amides is 2. The molecule has 2 amide bonds. The highest BCUT2D eigenvalue weighted by atomic mass is 16.8. The maximum absolute atomic E-state index is 11.7. The van der Waals surface area contributed by atoms with Gasteiger partial charge in [-0.1, -0.05) is 18.2 Å². The quantitative estimate of drug-likeness (QED) is 0.380. The van der Waals surface area contributed by atoms with Crippen molar-refractivity contribution in [3.63, 3.8) is 0 Å². The molecule has 0 radical (unpaired) electrons. The first-order valence-corrected chi connectivity index (χ1v) is 6.59. The Bertz CT molecular complexity index is 676. The van der Waals surface area contributed by atoms with Crippen molar-refractivity contribution in [2.24, 2.45) is 5.73 Å². The second-order valence-electron chi connectivity index (χ2n) is 4.66. The number of carboxylic acids is 2. The van der Waals surface area contributed by atoms with E-state index in [9.17, 15) is 29.5 Å². The molecule has 0 bridgehead atoms. The van der Waals surface area contributed by atoms with Crippen LogP contribution in [0.15, 0.2) is 24.3 Å². The average molecular weight is 356 g/mol. The van der Waals surface area contributed by atoms with E-state index < -0.39 is 53.4 Å². The second-order valence-corrected chi connectivity index (χ2v) is 4.66. The smallest absolute Gasteiger partial charge is 0.409 e. The fourth-order valence-electron chi connectivity index (χ4n) is 1.81. The lowest BCUT2D eigenvalue weighted by molar-refractivity contribution is -0.147. The molecule has 1 rings (SSSR count). The molecule has 1 aromatic rings. The molecule has 6 N–H and O–H groups in total. The number of nitrogens with zero attached hydrogens (tertiary/aromatic N) is 1. The lowest BCUT2D eigenvalue weighted by Gasteiger charge is -2.26. The lowest BCUT2D eigenvalue weighted by Crippen LogP contribution is -2.44. The number of ether oxygens (including phenoxy) is 1. The van der Waals surface area contributed by atoms with Crippen molar-refractivity contribution < 1.29 is 39.3 Å². The zero-order valence-electron chi connectivity index (χ0n) is 12.5. The van der Waals surface area contributed by atoms with Crippen LogP contribution in [-0.2, 0) is 19.1 Å². The molecular formula is C13H14N3O9-. The Morgan fingerprint density at radius 3 is 2.28 bits per heavy atom. The summed E-state index contributed by atoms with van der Waals surface area (Å²) in [5, 5.41) is 39.3. The summed E-state index contributed by atoms with van der Waals surface area (Å²) in [5.41, 5.74) is 4.00. The molecule has 0 aliphatic rings. The zero-order chi connectivity index (χ0) is 19.1. The Hall–Kier alpha value is -3.38. The van der Waals surface area contributed by atoms with Gasteiger partial charge in [0.25, 0.3) is 0 Å². The number of alkyl carbamates (subject to hydrolysis) is 1. The zero-order valence-corrected chi connectivity index (χ0v) is 12.5. The molecule has 12 nitrogen and oxygen atoms in total. The number of benzene rings is 1. The minimum absolute atomic E-state index is 0.357. The molecule has 0 spiro atoms. The molecule has 0 aliphatic carbocycles. The van der Waals surface area contributed by atoms with Gasteiger partial charge >= 0.3 is 18.0 Å². The topological polar surface area (TPSA) is 203 Å². The third kappa shape index (κ3) is 5.63. The van der Waals surface area contributed by atoms with Crippen LogP contribution in [0.2, 0.25) is 0 Å². The van der Waals surface area contributed by atoms with E-state index in [4.69, 9.17) is 16.0 Å². The number of anilines is 1. The summed E-state index contributed by atoms with van der Waals surface area (Å²) in [4.78, 5) is 44.8. The van der Waals surface area contributed by atoms with Crippen molar-refractivity contribution in [2.45, 2.75) is 18.6 Å². The highest BCUT2D eigenvalue weighted by molar-refractivity contribution is 5.87. The first kappa shape index (κ1) is 19.7. The number of para-hydroxylation sites is 1. The molecule has 12 heteroatoms. The summed E-state index contributed by atoms with van der Waals surface area (Å²) >= 11 is 0. The van der Waals surface area contributed by atoms with Crippen molar-refractivity contribution in [3.05, 3.63) is 35.0 Å². The third-order valence-electron chi connectivity index (χ3n) is 2.87. The number of rotatable bonds is 8. The van der Waals surface area contributed by atoms with E-state index in [0.29, 0.717) is 0 Å². The molecule has 25 heavy (non-hydrogen) atoms. The number of nitrogens with two attached hydrogens (primary N) is 1. The normalized spacial score (nSPS) is 12.6. The Morgan fingerprint density at radius 2 is 1.80 bits per heavy atom. The van der Waals surface area contributed by atoms with Gasteiger partial charge in [-0.2, -0.15) is 0 Å². The van der Waals surface area contributed by atoms with Gasteiger partial charge in [-0.3, -0.25) is 10.0 Å². The van der Waals surface area contributed by atoms with Crippen LogP contribution < -0.4 is 16.3 Å². The number of nitrogens with one attached hydrogen (secondary N) is 1. The molecule has 0 fully saturated rings. The monoisotopic (exact) mass is 356 g/mol. The first-order valence-electron chi connectivity index (χ1n) is 6.59. The highest BCUT2D eigenvalue weighted by Gasteiger charge is 2.30. The second kappa shape index (κ2) is 8.47. The number of carboxylic acid groups (broad SMARTS) is 2. The molecule has 0 saturated heterocycles. The SMILES string of the molecule is NC(=O)C[C@@H](NC(=O)OC(C(=O)O)c1ccccc1N([O-])O)C(=O)O. The highest BCUT2D eigenvalue weighted by Crippen LogP contribution is 2.28. The third-order valence-corrected chi connectivity index (χ3v) is 2.87. The van der Waals surface area contributed by atoms with Crippen LogP contribution in [0.25, 0.3) is 0 Å². The summed E-state index contributed by atoms with van der Waals surface area (Å²) in [6, 6.07) is 3.11. The first-order chi connectivity index (χ1) is 11.6. The standard InChI is InChI=1S/C13H14N3O9/c14-9(17)5-7(11(18)19)15-13(22)25-10(12(20)21)6-3-1-2-4-8(6)16(23)24/h1-4,7,10,23H,5H2,(H2,14,17)(H,15,22)(H,18,19)(H,20,21)/q-1/t7-,10?/m1/s1. The van der Waals surface area contributed by atoms with Crippen LogP contribution in [0.5, 0.6) is 0 Å². The van der Waals surface area contributed by atoms with E-state index >= 15 is 0 Å². The van der Waals surface area contributed by atoms with E-state index in [1.165, 1.54) is 12.1 Å². The van der Waals surface area contributed by atoms with Crippen LogP contribution in [-0.4, -0.2) is 45.4 Å². The lowest BCUT2D eigenvalue weighted by atomic mass is 10.1. The van der Waals surface area contributed by atoms with E-state index in [2.05, 4.69) is 4.74 Å². The Labute approximate surface area is 139 Å². The summed E-state index contributed by atoms with van der Waals surface area (Å²) in [6.45, 7) is 0. The fraction of sp³-hybridized carbons (Fsp3) is 0.231. The largest absolute Gasteiger partial charge is 0.733 e. The van der Waals surface area contributed by atoms with Crippen molar-refractivity contribution in [1.82, 2.24) is 5.32 Å². The number of hydrogen-bond donors (Lipinski definition) is 5. The van der Waals surface area contributed by atoms with Gasteiger partial charge in [0.05, 0.1) is 12.1 Å². The summed E-state index contributed by atoms with van der Waals surface area (Å²) in [6.07, 6.45) is -4.25. The average Bonchev–Trinajstić information content (AvgIpc) is 2.51. The Balaban J connectivity index is 2.99.